The van der Waals surface area contributed by atoms with E-state index in [0.717, 1.165) is 25.2 Å². The third kappa shape index (κ3) is 2.27. The van der Waals surface area contributed by atoms with Gasteiger partial charge in [-0.15, -0.1) is 0 Å². The molecular weight excluding hydrogens is 252 g/mol. The molecule has 4 rings (SSSR count). The van der Waals surface area contributed by atoms with Crippen molar-refractivity contribution in [1.82, 2.24) is 5.32 Å². The van der Waals surface area contributed by atoms with Crippen molar-refractivity contribution < 1.29 is 9.53 Å². The lowest BCUT2D eigenvalue weighted by Gasteiger charge is -2.65. The highest BCUT2D eigenvalue weighted by Crippen LogP contribution is 2.66. The fourth-order valence-corrected chi connectivity index (χ4v) is 6.24. The molecule has 4 bridgehead atoms. The Morgan fingerprint density at radius 1 is 1.25 bits per heavy atom. The summed E-state index contributed by atoms with van der Waals surface area (Å²) in [6.45, 7) is 5.07. The number of rotatable bonds is 4. The Bertz CT molecular complexity index is 401. The van der Waals surface area contributed by atoms with Gasteiger partial charge >= 0.3 is 0 Å². The molecule has 3 unspecified atom stereocenters. The number of hydrogen-bond acceptors (Lipinski definition) is 3. The zero-order valence-electron chi connectivity index (χ0n) is 13.0. The Hall–Kier alpha value is -0.610. The normalized spacial score (nSPS) is 47.3. The van der Waals surface area contributed by atoms with Gasteiger partial charge in [-0.25, -0.2) is 0 Å². The van der Waals surface area contributed by atoms with Gasteiger partial charge in [0.25, 0.3) is 5.91 Å². The van der Waals surface area contributed by atoms with Crippen molar-refractivity contribution in [2.24, 2.45) is 22.5 Å². The van der Waals surface area contributed by atoms with Gasteiger partial charge in [0.15, 0.2) is 0 Å². The second kappa shape index (κ2) is 4.44. The Morgan fingerprint density at radius 2 is 1.85 bits per heavy atom. The third-order valence-corrected chi connectivity index (χ3v) is 5.81. The summed E-state index contributed by atoms with van der Waals surface area (Å²) in [6.07, 6.45) is 6.88. The molecule has 3 atom stereocenters. The number of methoxy groups -OCH3 is 1. The van der Waals surface area contributed by atoms with Gasteiger partial charge in [-0.1, -0.05) is 13.8 Å². The molecule has 114 valence electrons. The molecule has 0 radical (unpaired) electrons. The van der Waals surface area contributed by atoms with Crippen molar-refractivity contribution in [3.05, 3.63) is 0 Å². The van der Waals surface area contributed by atoms with Crippen molar-refractivity contribution in [3.63, 3.8) is 0 Å². The van der Waals surface area contributed by atoms with E-state index in [1.165, 1.54) is 19.3 Å². The highest BCUT2D eigenvalue weighted by molar-refractivity contribution is 5.81. The van der Waals surface area contributed by atoms with Crippen LogP contribution in [0.15, 0.2) is 0 Å². The van der Waals surface area contributed by atoms with E-state index < -0.39 is 6.10 Å². The second-order valence-corrected chi connectivity index (χ2v) is 8.36. The summed E-state index contributed by atoms with van der Waals surface area (Å²) in [7, 11) is 1.55. The summed E-state index contributed by atoms with van der Waals surface area (Å²) in [5, 5.41) is 3.33. The van der Waals surface area contributed by atoms with Gasteiger partial charge in [0.05, 0.1) is 0 Å². The standard InChI is InChI=1S/C16H28N2O2/c1-14-4-11-5-15(2,8-14)10-16(6-11,9-14)18-13(19)12(7-17)20-3/h11-12H,4-10,17H2,1-3H3,(H,18,19). The first-order chi connectivity index (χ1) is 9.31. The van der Waals surface area contributed by atoms with Crippen LogP contribution in [0.25, 0.3) is 0 Å². The van der Waals surface area contributed by atoms with E-state index in [4.69, 9.17) is 10.5 Å². The minimum absolute atomic E-state index is 0.00799. The maximum Gasteiger partial charge on any atom is 0.250 e. The van der Waals surface area contributed by atoms with Crippen molar-refractivity contribution in [2.75, 3.05) is 13.7 Å². The van der Waals surface area contributed by atoms with Crippen molar-refractivity contribution >= 4 is 5.91 Å². The Labute approximate surface area is 121 Å². The van der Waals surface area contributed by atoms with Crippen LogP contribution in [0.3, 0.4) is 0 Å². The highest BCUT2D eigenvalue weighted by Gasteiger charge is 2.60. The van der Waals surface area contributed by atoms with Crippen LogP contribution in [0, 0.1) is 16.7 Å². The molecule has 0 saturated heterocycles. The molecule has 0 aromatic heterocycles. The zero-order chi connectivity index (χ0) is 14.6. The van der Waals surface area contributed by atoms with E-state index in [-0.39, 0.29) is 18.0 Å². The number of ether oxygens (including phenoxy) is 1. The summed E-state index contributed by atoms with van der Waals surface area (Å²) >= 11 is 0. The highest BCUT2D eigenvalue weighted by atomic mass is 16.5. The quantitative estimate of drug-likeness (QED) is 0.825. The Balaban J connectivity index is 1.80. The van der Waals surface area contributed by atoms with Crippen molar-refractivity contribution in [3.8, 4) is 0 Å². The predicted molar refractivity (Wildman–Crippen MR) is 78.1 cm³/mol. The summed E-state index contributed by atoms with van der Waals surface area (Å²) in [5.74, 6) is 0.754. The molecular formula is C16H28N2O2. The summed E-state index contributed by atoms with van der Waals surface area (Å²) in [5.41, 5.74) is 6.43. The Morgan fingerprint density at radius 3 is 2.30 bits per heavy atom. The van der Waals surface area contributed by atoms with Crippen LogP contribution < -0.4 is 11.1 Å². The molecule has 0 spiro atoms. The van der Waals surface area contributed by atoms with Crippen LogP contribution in [-0.4, -0.2) is 31.2 Å². The summed E-state index contributed by atoms with van der Waals surface area (Å²) in [4.78, 5) is 12.4. The van der Waals surface area contributed by atoms with Gasteiger partial charge in [-0.2, -0.15) is 0 Å². The molecule has 4 aliphatic rings. The average molecular weight is 280 g/mol. The van der Waals surface area contributed by atoms with E-state index in [1.807, 2.05) is 0 Å². The number of amides is 1. The van der Waals surface area contributed by atoms with Crippen LogP contribution in [0.5, 0.6) is 0 Å². The largest absolute Gasteiger partial charge is 0.370 e. The maximum absolute atomic E-state index is 12.4. The van der Waals surface area contributed by atoms with Crippen molar-refractivity contribution in [2.45, 2.75) is 64.0 Å². The molecule has 4 fully saturated rings. The third-order valence-electron chi connectivity index (χ3n) is 5.81. The van der Waals surface area contributed by atoms with E-state index >= 15 is 0 Å². The van der Waals surface area contributed by atoms with E-state index in [9.17, 15) is 4.79 Å². The molecule has 4 saturated carbocycles. The molecule has 4 nitrogen and oxygen atoms in total. The summed E-state index contributed by atoms with van der Waals surface area (Å²) < 4.78 is 5.19. The van der Waals surface area contributed by atoms with Crippen LogP contribution in [-0.2, 0) is 9.53 Å². The molecule has 4 heteroatoms. The second-order valence-electron chi connectivity index (χ2n) is 8.36. The minimum Gasteiger partial charge on any atom is -0.370 e. The molecule has 3 N–H and O–H groups in total. The first-order valence-corrected chi connectivity index (χ1v) is 7.86. The van der Waals surface area contributed by atoms with Gasteiger partial charge in [-0.3, -0.25) is 4.79 Å². The molecule has 0 aliphatic heterocycles. The van der Waals surface area contributed by atoms with E-state index in [2.05, 4.69) is 19.2 Å². The first kappa shape index (κ1) is 14.3. The van der Waals surface area contributed by atoms with E-state index in [1.54, 1.807) is 7.11 Å². The molecule has 1 amide bonds. The molecule has 4 aliphatic carbocycles. The first-order valence-electron chi connectivity index (χ1n) is 7.86. The molecule has 0 aromatic carbocycles. The fourth-order valence-electron chi connectivity index (χ4n) is 6.24. The smallest absolute Gasteiger partial charge is 0.250 e. The summed E-state index contributed by atoms with van der Waals surface area (Å²) in [6, 6.07) is 0. The van der Waals surface area contributed by atoms with E-state index in [0.29, 0.717) is 10.8 Å². The van der Waals surface area contributed by atoms with Gasteiger partial charge in [0.2, 0.25) is 0 Å². The topological polar surface area (TPSA) is 64.3 Å². The SMILES string of the molecule is COC(CN)C(=O)NC12CC3CC(C)(CC(C)(C3)C1)C2. The average Bonchev–Trinajstić information content (AvgIpc) is 2.24. The Kier molecular flexibility index (Phi) is 3.18. The number of hydrogen-bond donors (Lipinski definition) is 2. The number of carbonyl (C=O) groups is 1. The number of carbonyl (C=O) groups excluding carboxylic acids is 1. The zero-order valence-corrected chi connectivity index (χ0v) is 13.0. The lowest BCUT2D eigenvalue weighted by molar-refractivity contribution is -0.146. The lowest BCUT2D eigenvalue weighted by Crippen LogP contribution is -2.66. The lowest BCUT2D eigenvalue weighted by atomic mass is 9.43. The van der Waals surface area contributed by atoms with Gasteiger partial charge in [0.1, 0.15) is 6.10 Å². The monoisotopic (exact) mass is 280 g/mol. The fraction of sp³-hybridized carbons (Fsp3) is 0.938. The maximum atomic E-state index is 12.4. The molecule has 0 heterocycles. The van der Waals surface area contributed by atoms with Gasteiger partial charge in [-0.05, 0) is 55.3 Å². The van der Waals surface area contributed by atoms with Crippen LogP contribution in [0.2, 0.25) is 0 Å². The predicted octanol–water partition coefficient (Wildman–Crippen LogP) is 1.83. The molecule has 0 aromatic rings. The molecule has 20 heavy (non-hydrogen) atoms. The van der Waals surface area contributed by atoms with Crippen LogP contribution in [0.4, 0.5) is 0 Å². The number of nitrogens with one attached hydrogen (secondary N) is 1. The van der Waals surface area contributed by atoms with Gasteiger partial charge in [0, 0.05) is 19.2 Å². The van der Waals surface area contributed by atoms with Crippen molar-refractivity contribution in [1.29, 1.82) is 0 Å². The number of nitrogens with two attached hydrogens (primary N) is 1. The van der Waals surface area contributed by atoms with Gasteiger partial charge < -0.3 is 15.8 Å². The van der Waals surface area contributed by atoms with Crippen LogP contribution in [0.1, 0.15) is 52.4 Å². The minimum atomic E-state index is -0.511. The van der Waals surface area contributed by atoms with Crippen LogP contribution >= 0.6 is 0 Å².